The van der Waals surface area contributed by atoms with E-state index in [-0.39, 0.29) is 11.3 Å². The van der Waals surface area contributed by atoms with Crippen LogP contribution in [0.25, 0.3) is 0 Å². The van der Waals surface area contributed by atoms with E-state index < -0.39 is 53.8 Å². The molecule has 0 radical (unpaired) electrons. The van der Waals surface area contributed by atoms with E-state index in [2.05, 4.69) is 24.5 Å². The van der Waals surface area contributed by atoms with E-state index in [9.17, 15) is 24.6 Å². The summed E-state index contributed by atoms with van der Waals surface area (Å²) in [6.07, 6.45) is 0.491. The summed E-state index contributed by atoms with van der Waals surface area (Å²) in [5, 5.41) is 26.4. The summed E-state index contributed by atoms with van der Waals surface area (Å²) in [7, 11) is 0. The van der Waals surface area contributed by atoms with Crippen LogP contribution in [0.15, 0.2) is 18.2 Å². The van der Waals surface area contributed by atoms with E-state index in [0.29, 0.717) is 17.9 Å². The number of benzene rings is 1. The predicted octanol–water partition coefficient (Wildman–Crippen LogP) is 4.20. The molecule has 0 fully saturated rings. The van der Waals surface area contributed by atoms with Crippen LogP contribution in [0.3, 0.4) is 0 Å². The van der Waals surface area contributed by atoms with Crippen molar-refractivity contribution < 1.29 is 29.3 Å². The Morgan fingerprint density at radius 2 is 1.62 bits per heavy atom. The number of rotatable bonds is 10. The Morgan fingerprint density at radius 1 is 1.03 bits per heavy atom. The molecule has 1 aromatic carbocycles. The van der Waals surface area contributed by atoms with E-state index >= 15 is 0 Å². The van der Waals surface area contributed by atoms with Crippen LogP contribution in [0.5, 0.6) is 5.75 Å². The van der Waals surface area contributed by atoms with Crippen molar-refractivity contribution >= 4 is 17.9 Å². The van der Waals surface area contributed by atoms with Gasteiger partial charge in [0.1, 0.15) is 23.4 Å². The molecule has 9 nitrogen and oxygen atoms in total. The Morgan fingerprint density at radius 3 is 2.11 bits per heavy atom. The highest BCUT2D eigenvalue weighted by Crippen LogP contribution is 2.34. The Labute approximate surface area is 222 Å². The number of phenolic OH excluding ortho intramolecular Hbond substituents is 1. The molecule has 0 heterocycles. The number of para-hydroxylation sites is 1. The van der Waals surface area contributed by atoms with Crippen molar-refractivity contribution in [3.05, 3.63) is 29.3 Å². The minimum absolute atomic E-state index is 0.0916. The van der Waals surface area contributed by atoms with Crippen LogP contribution in [0.4, 0.5) is 4.79 Å². The fourth-order valence-electron chi connectivity index (χ4n) is 3.89. The molecule has 210 valence electrons. The lowest BCUT2D eigenvalue weighted by atomic mass is 9.95. The van der Waals surface area contributed by atoms with Gasteiger partial charge in [0.15, 0.2) is 0 Å². The number of amides is 3. The normalized spacial score (nSPS) is 14.5. The van der Waals surface area contributed by atoms with Crippen molar-refractivity contribution in [1.29, 1.82) is 0 Å². The highest BCUT2D eigenvalue weighted by molar-refractivity contribution is 5.93. The lowest BCUT2D eigenvalue weighted by Gasteiger charge is -2.39. The van der Waals surface area contributed by atoms with Gasteiger partial charge in [0.2, 0.25) is 11.8 Å². The zero-order chi connectivity index (χ0) is 28.7. The second-order valence-electron chi connectivity index (χ2n) is 12.1. The molecule has 0 bridgehead atoms. The molecule has 4 N–H and O–H groups in total. The Balaban J connectivity index is 3.65. The van der Waals surface area contributed by atoms with E-state index in [1.165, 1.54) is 4.90 Å². The first-order valence-corrected chi connectivity index (χ1v) is 12.9. The number of aliphatic hydroxyl groups is 1. The highest BCUT2D eigenvalue weighted by atomic mass is 16.6. The van der Waals surface area contributed by atoms with Crippen molar-refractivity contribution in [3.8, 4) is 5.75 Å². The molecule has 0 aliphatic rings. The van der Waals surface area contributed by atoms with Gasteiger partial charge in [-0.2, -0.15) is 0 Å². The topological polar surface area (TPSA) is 128 Å². The van der Waals surface area contributed by atoms with Crippen LogP contribution in [0.2, 0.25) is 0 Å². The maximum absolute atomic E-state index is 14.0. The van der Waals surface area contributed by atoms with Crippen LogP contribution in [-0.4, -0.2) is 62.9 Å². The number of nitrogens with zero attached hydrogens (tertiary/aromatic N) is 1. The molecule has 0 aliphatic carbocycles. The van der Waals surface area contributed by atoms with E-state index in [1.54, 1.807) is 45.9 Å². The molecule has 0 aromatic heterocycles. The molecule has 0 spiro atoms. The lowest BCUT2D eigenvalue weighted by molar-refractivity contribution is -0.146. The first kappa shape index (κ1) is 32.2. The van der Waals surface area contributed by atoms with Crippen molar-refractivity contribution in [2.24, 2.45) is 5.92 Å². The number of carbonyl (C=O) groups is 3. The first-order valence-electron chi connectivity index (χ1n) is 12.9. The standard InChI is InChI=1S/C28H47N3O6/c1-17(2)14-15-19(4)31(25(35)21(16-32)29-26(36)37-28(8,9)10)22(24(34)30-27(5,6)7)20-13-11-12-18(3)23(20)33/h11-13,17,19,21-22,32-33H,14-16H2,1-10H3,(H,29,36)(H,30,34). The summed E-state index contributed by atoms with van der Waals surface area (Å²) >= 11 is 0. The minimum Gasteiger partial charge on any atom is -0.507 e. The van der Waals surface area contributed by atoms with Crippen LogP contribution in [0, 0.1) is 12.8 Å². The second kappa shape index (κ2) is 13.1. The average molecular weight is 522 g/mol. The van der Waals surface area contributed by atoms with Gasteiger partial charge >= 0.3 is 6.09 Å². The molecule has 3 unspecified atom stereocenters. The van der Waals surface area contributed by atoms with Gasteiger partial charge in [-0.25, -0.2) is 4.79 Å². The molecule has 1 aromatic rings. The number of alkyl carbamates (subject to hydrolysis) is 1. The van der Waals surface area contributed by atoms with Crippen LogP contribution >= 0.6 is 0 Å². The van der Waals surface area contributed by atoms with Gasteiger partial charge < -0.3 is 30.5 Å². The fraction of sp³-hybridized carbons (Fsp3) is 0.679. The SMILES string of the molecule is Cc1cccc(C(C(=O)NC(C)(C)C)N(C(=O)C(CO)NC(=O)OC(C)(C)C)C(C)CCC(C)C)c1O. The Bertz CT molecular complexity index is 933. The summed E-state index contributed by atoms with van der Waals surface area (Å²) in [6.45, 7) is 17.5. The molecular formula is C28H47N3O6. The van der Waals surface area contributed by atoms with E-state index in [0.717, 1.165) is 6.42 Å². The number of aliphatic hydroxyl groups excluding tert-OH is 1. The monoisotopic (exact) mass is 521 g/mol. The summed E-state index contributed by atoms with van der Waals surface area (Å²) in [5.74, 6) is -0.875. The number of ether oxygens (including phenoxy) is 1. The Hall–Kier alpha value is -2.81. The fourth-order valence-corrected chi connectivity index (χ4v) is 3.89. The van der Waals surface area contributed by atoms with Gasteiger partial charge in [-0.3, -0.25) is 9.59 Å². The Kier molecular flexibility index (Phi) is 11.4. The number of carbonyl (C=O) groups excluding carboxylic acids is 3. The summed E-state index contributed by atoms with van der Waals surface area (Å²) in [4.78, 5) is 41.6. The largest absolute Gasteiger partial charge is 0.507 e. The number of nitrogens with one attached hydrogen (secondary N) is 2. The number of aryl methyl sites for hydroxylation is 1. The van der Waals surface area contributed by atoms with Crippen molar-refractivity contribution in [1.82, 2.24) is 15.5 Å². The maximum Gasteiger partial charge on any atom is 0.408 e. The summed E-state index contributed by atoms with van der Waals surface area (Å²) in [5.41, 5.74) is -0.602. The minimum atomic E-state index is -1.35. The highest BCUT2D eigenvalue weighted by Gasteiger charge is 2.40. The van der Waals surface area contributed by atoms with Gasteiger partial charge in [-0.15, -0.1) is 0 Å². The zero-order valence-corrected chi connectivity index (χ0v) is 24.1. The molecule has 1 rings (SSSR count). The third-order valence-corrected chi connectivity index (χ3v) is 5.65. The van der Waals surface area contributed by atoms with Crippen LogP contribution in [0.1, 0.15) is 92.3 Å². The van der Waals surface area contributed by atoms with Crippen molar-refractivity contribution in [2.75, 3.05) is 6.61 Å². The zero-order valence-electron chi connectivity index (χ0n) is 24.1. The predicted molar refractivity (Wildman–Crippen MR) is 144 cm³/mol. The number of phenols is 1. The molecule has 37 heavy (non-hydrogen) atoms. The van der Waals surface area contributed by atoms with Gasteiger partial charge in [0.05, 0.1) is 6.61 Å². The maximum atomic E-state index is 14.0. The number of hydrogen-bond donors (Lipinski definition) is 4. The molecule has 3 atom stereocenters. The molecule has 0 aliphatic heterocycles. The second-order valence-corrected chi connectivity index (χ2v) is 12.1. The molecule has 3 amide bonds. The summed E-state index contributed by atoms with van der Waals surface area (Å²) < 4.78 is 5.28. The van der Waals surface area contributed by atoms with Gasteiger partial charge in [-0.1, -0.05) is 32.0 Å². The van der Waals surface area contributed by atoms with Gasteiger partial charge in [0.25, 0.3) is 0 Å². The molecule has 0 saturated carbocycles. The average Bonchev–Trinajstić information content (AvgIpc) is 2.73. The molecule has 0 saturated heterocycles. The first-order chi connectivity index (χ1) is 16.9. The third kappa shape index (κ3) is 10.2. The quantitative estimate of drug-likeness (QED) is 0.365. The van der Waals surface area contributed by atoms with Crippen LogP contribution in [-0.2, 0) is 14.3 Å². The number of aromatic hydroxyl groups is 1. The van der Waals surface area contributed by atoms with E-state index in [4.69, 9.17) is 4.74 Å². The smallest absolute Gasteiger partial charge is 0.408 e. The molecular weight excluding hydrogens is 474 g/mol. The van der Waals surface area contributed by atoms with Crippen molar-refractivity contribution in [3.63, 3.8) is 0 Å². The summed E-state index contributed by atoms with van der Waals surface area (Å²) in [6, 6.07) is 2.02. The third-order valence-electron chi connectivity index (χ3n) is 5.65. The lowest BCUT2D eigenvalue weighted by Crippen LogP contribution is -2.57. The van der Waals surface area contributed by atoms with Gasteiger partial charge in [0, 0.05) is 17.1 Å². The van der Waals surface area contributed by atoms with Gasteiger partial charge in [-0.05, 0) is 79.7 Å². The van der Waals surface area contributed by atoms with Crippen molar-refractivity contribution in [2.45, 2.75) is 111 Å². The molecule has 9 heteroatoms. The van der Waals surface area contributed by atoms with E-state index in [1.807, 2.05) is 27.7 Å². The number of hydrogen-bond acceptors (Lipinski definition) is 6. The van der Waals surface area contributed by atoms with Crippen LogP contribution < -0.4 is 10.6 Å².